The molecular formula is C23H34N2O3. The van der Waals surface area contributed by atoms with Gasteiger partial charge in [-0.05, 0) is 62.8 Å². The second kappa shape index (κ2) is 7.77. The molecule has 3 aliphatic rings. The molecule has 5 heteroatoms. The number of nitrogens with zero attached hydrogens (tertiary/aromatic N) is 1. The van der Waals surface area contributed by atoms with Gasteiger partial charge in [-0.1, -0.05) is 31.4 Å². The molecule has 2 saturated carbocycles. The Morgan fingerprint density at radius 1 is 1.11 bits per heavy atom. The maximum atomic E-state index is 11.6. The number of hydrogen-bond acceptors (Lipinski definition) is 4. The highest BCUT2D eigenvalue weighted by molar-refractivity contribution is 5.92. The molecule has 2 bridgehead atoms. The summed E-state index contributed by atoms with van der Waals surface area (Å²) < 4.78 is 0. The first-order chi connectivity index (χ1) is 13.4. The number of benzene rings is 1. The molecule has 0 spiro atoms. The quantitative estimate of drug-likeness (QED) is 0.702. The molecule has 2 atom stereocenters. The van der Waals surface area contributed by atoms with E-state index in [2.05, 4.69) is 4.90 Å². The van der Waals surface area contributed by atoms with Gasteiger partial charge in [-0.25, -0.2) is 0 Å². The summed E-state index contributed by atoms with van der Waals surface area (Å²) >= 11 is 0. The number of fused-ring (bicyclic) bond motifs is 2. The van der Waals surface area contributed by atoms with Crippen molar-refractivity contribution in [3.05, 3.63) is 35.4 Å². The van der Waals surface area contributed by atoms with E-state index >= 15 is 0 Å². The van der Waals surface area contributed by atoms with Crippen LogP contribution >= 0.6 is 0 Å². The summed E-state index contributed by atoms with van der Waals surface area (Å²) in [5, 5.41) is 22.3. The van der Waals surface area contributed by atoms with Gasteiger partial charge in [0.25, 0.3) is 0 Å². The highest BCUT2D eigenvalue weighted by Gasteiger charge is 2.53. The van der Waals surface area contributed by atoms with Crippen LogP contribution in [0.25, 0.3) is 0 Å². The fourth-order valence-electron chi connectivity index (χ4n) is 6.00. The monoisotopic (exact) mass is 386 g/mol. The fraction of sp³-hybridized carbons (Fsp3) is 0.696. The van der Waals surface area contributed by atoms with Crippen molar-refractivity contribution in [3.8, 4) is 0 Å². The average molecular weight is 387 g/mol. The van der Waals surface area contributed by atoms with E-state index in [-0.39, 0.29) is 11.8 Å². The van der Waals surface area contributed by atoms with Crippen molar-refractivity contribution in [3.63, 3.8) is 0 Å². The lowest BCUT2D eigenvalue weighted by Gasteiger charge is -2.45. The van der Waals surface area contributed by atoms with Gasteiger partial charge in [0.1, 0.15) is 0 Å². The molecule has 5 nitrogen and oxygen atoms in total. The number of amides is 1. The summed E-state index contributed by atoms with van der Waals surface area (Å²) in [7, 11) is 0. The average Bonchev–Trinajstić information content (AvgIpc) is 2.86. The molecule has 0 radical (unpaired) electrons. The number of rotatable bonds is 6. The minimum absolute atomic E-state index is 0.187. The Morgan fingerprint density at radius 2 is 1.79 bits per heavy atom. The Kier molecular flexibility index (Phi) is 5.51. The van der Waals surface area contributed by atoms with Crippen LogP contribution in [-0.2, 0) is 5.60 Å². The second-order valence-corrected chi connectivity index (χ2v) is 9.39. The van der Waals surface area contributed by atoms with Crippen molar-refractivity contribution in [2.75, 3.05) is 19.6 Å². The normalized spacial score (nSPS) is 32.4. The van der Waals surface area contributed by atoms with E-state index in [1.165, 1.54) is 6.42 Å². The first-order valence-corrected chi connectivity index (χ1v) is 11.0. The zero-order valence-electron chi connectivity index (χ0n) is 16.8. The molecule has 1 amide bonds. The van der Waals surface area contributed by atoms with E-state index in [9.17, 15) is 15.0 Å². The zero-order valence-corrected chi connectivity index (χ0v) is 16.8. The summed E-state index contributed by atoms with van der Waals surface area (Å²) in [6.07, 6.45) is 9.42. The van der Waals surface area contributed by atoms with E-state index in [1.807, 2.05) is 12.1 Å². The van der Waals surface area contributed by atoms with Crippen molar-refractivity contribution in [2.45, 2.75) is 69.0 Å². The summed E-state index contributed by atoms with van der Waals surface area (Å²) in [5.74, 6) is -0.0739. The van der Waals surface area contributed by atoms with Crippen LogP contribution in [0.4, 0.5) is 0 Å². The molecule has 1 saturated heterocycles. The lowest BCUT2D eigenvalue weighted by atomic mass is 9.74. The van der Waals surface area contributed by atoms with Crippen LogP contribution in [0.3, 0.4) is 0 Å². The van der Waals surface area contributed by atoms with Gasteiger partial charge in [0.05, 0.1) is 11.2 Å². The minimum atomic E-state index is -0.858. The molecular weight excluding hydrogens is 352 g/mol. The SMILES string of the molecule is NC(=O)c1cccc(C2(O)C3CCC2CN(CCCC2(O)CCCCC2)C3)c1. The van der Waals surface area contributed by atoms with E-state index < -0.39 is 17.1 Å². The van der Waals surface area contributed by atoms with Gasteiger partial charge in [-0.3, -0.25) is 4.79 Å². The Bertz CT molecular complexity index is 700. The molecule has 4 rings (SSSR count). The van der Waals surface area contributed by atoms with Gasteiger partial charge in [0.15, 0.2) is 0 Å². The summed E-state index contributed by atoms with van der Waals surface area (Å²) in [4.78, 5) is 14.0. The molecule has 0 aromatic heterocycles. The van der Waals surface area contributed by atoms with Crippen LogP contribution in [0.1, 0.15) is 73.7 Å². The predicted octanol–water partition coefficient (Wildman–Crippen LogP) is 2.79. The lowest BCUT2D eigenvalue weighted by molar-refractivity contribution is -0.0911. The number of carbonyl (C=O) groups excluding carboxylic acids is 1. The summed E-state index contributed by atoms with van der Waals surface area (Å²) in [6.45, 7) is 2.76. The Hall–Kier alpha value is -1.43. The number of piperidine rings is 1. The minimum Gasteiger partial charge on any atom is -0.390 e. The number of hydrogen-bond donors (Lipinski definition) is 3. The van der Waals surface area contributed by atoms with Gasteiger partial charge >= 0.3 is 0 Å². The molecule has 28 heavy (non-hydrogen) atoms. The molecule has 154 valence electrons. The van der Waals surface area contributed by atoms with Crippen molar-refractivity contribution in [1.82, 2.24) is 4.90 Å². The molecule has 2 unspecified atom stereocenters. The molecule has 1 heterocycles. The number of aliphatic hydroxyl groups is 2. The highest BCUT2D eigenvalue weighted by atomic mass is 16.3. The first kappa shape index (κ1) is 19.9. The molecule has 3 fully saturated rings. The third-order valence-corrected chi connectivity index (χ3v) is 7.58. The Balaban J connectivity index is 1.39. The van der Waals surface area contributed by atoms with Gasteiger partial charge < -0.3 is 20.8 Å². The number of primary amides is 1. The number of carbonyl (C=O) groups is 1. The van der Waals surface area contributed by atoms with E-state index in [0.29, 0.717) is 5.56 Å². The Labute approximate surface area is 167 Å². The van der Waals surface area contributed by atoms with E-state index in [1.54, 1.807) is 12.1 Å². The third-order valence-electron chi connectivity index (χ3n) is 7.58. The van der Waals surface area contributed by atoms with Crippen LogP contribution in [-0.4, -0.2) is 46.3 Å². The highest BCUT2D eigenvalue weighted by Crippen LogP contribution is 2.51. The predicted molar refractivity (Wildman–Crippen MR) is 109 cm³/mol. The zero-order chi connectivity index (χ0) is 19.8. The van der Waals surface area contributed by atoms with Crippen LogP contribution in [0.15, 0.2) is 24.3 Å². The van der Waals surface area contributed by atoms with Gasteiger partial charge in [-0.15, -0.1) is 0 Å². The third kappa shape index (κ3) is 3.72. The van der Waals surface area contributed by atoms with Crippen molar-refractivity contribution >= 4 is 5.91 Å². The maximum absolute atomic E-state index is 11.6. The van der Waals surface area contributed by atoms with Crippen molar-refractivity contribution in [2.24, 2.45) is 17.6 Å². The topological polar surface area (TPSA) is 86.8 Å². The number of nitrogens with two attached hydrogens (primary N) is 1. The first-order valence-electron chi connectivity index (χ1n) is 11.0. The summed E-state index contributed by atoms with van der Waals surface area (Å²) in [5.41, 5.74) is 5.45. The summed E-state index contributed by atoms with van der Waals surface area (Å²) in [6, 6.07) is 7.25. The van der Waals surface area contributed by atoms with Gasteiger partial charge in [0.2, 0.25) is 5.91 Å². The van der Waals surface area contributed by atoms with Crippen molar-refractivity contribution < 1.29 is 15.0 Å². The van der Waals surface area contributed by atoms with E-state index in [0.717, 1.165) is 76.6 Å². The maximum Gasteiger partial charge on any atom is 0.248 e. The van der Waals surface area contributed by atoms with Gasteiger partial charge in [-0.2, -0.15) is 0 Å². The van der Waals surface area contributed by atoms with Crippen LogP contribution in [0.2, 0.25) is 0 Å². The fourth-order valence-corrected chi connectivity index (χ4v) is 6.00. The Morgan fingerprint density at radius 3 is 2.43 bits per heavy atom. The van der Waals surface area contributed by atoms with Crippen molar-refractivity contribution in [1.29, 1.82) is 0 Å². The van der Waals surface area contributed by atoms with Gasteiger partial charge in [0, 0.05) is 30.5 Å². The molecule has 4 N–H and O–H groups in total. The van der Waals surface area contributed by atoms with Crippen LogP contribution < -0.4 is 5.73 Å². The molecule has 2 aliphatic carbocycles. The largest absolute Gasteiger partial charge is 0.390 e. The van der Waals surface area contributed by atoms with Crippen LogP contribution in [0, 0.1) is 11.8 Å². The molecule has 1 aromatic rings. The molecule has 1 aromatic carbocycles. The van der Waals surface area contributed by atoms with Crippen LogP contribution in [0.5, 0.6) is 0 Å². The number of likely N-dealkylation sites (tertiary alicyclic amines) is 1. The second-order valence-electron chi connectivity index (χ2n) is 9.39. The smallest absolute Gasteiger partial charge is 0.248 e. The van der Waals surface area contributed by atoms with E-state index in [4.69, 9.17) is 5.73 Å². The lowest BCUT2D eigenvalue weighted by Crippen LogP contribution is -2.52. The molecule has 1 aliphatic heterocycles. The standard InChI is InChI=1S/C23H34N2O3/c24-21(26)17-6-4-7-18(14-17)23(28)19-8-9-20(23)16-25(15-19)13-5-12-22(27)10-2-1-3-11-22/h4,6-7,14,19-20,27-28H,1-3,5,8-13,15-16H2,(H2,24,26).